The lowest BCUT2D eigenvalue weighted by molar-refractivity contribution is -0.180. The first-order valence-corrected chi connectivity index (χ1v) is 11.0. The highest BCUT2D eigenvalue weighted by Crippen LogP contribution is 2.40. The van der Waals surface area contributed by atoms with Crippen LogP contribution in [0.5, 0.6) is 0 Å². The van der Waals surface area contributed by atoms with Crippen LogP contribution in [-0.2, 0) is 12.0 Å². The summed E-state index contributed by atoms with van der Waals surface area (Å²) in [4.78, 5) is 21.1. The zero-order valence-electron chi connectivity index (χ0n) is 19.4. The van der Waals surface area contributed by atoms with Crippen LogP contribution in [0.4, 0.5) is 19.0 Å². The van der Waals surface area contributed by atoms with Crippen LogP contribution >= 0.6 is 0 Å². The van der Waals surface area contributed by atoms with Crippen molar-refractivity contribution in [2.24, 2.45) is 0 Å². The monoisotopic (exact) mass is 483 g/mol. The normalized spacial score (nSPS) is 12.1. The fourth-order valence-electron chi connectivity index (χ4n) is 3.44. The summed E-state index contributed by atoms with van der Waals surface area (Å²) in [7, 11) is 0. The second kappa shape index (κ2) is 9.36. The van der Waals surface area contributed by atoms with Crippen LogP contribution in [0.1, 0.15) is 31.9 Å². The van der Waals surface area contributed by atoms with Crippen molar-refractivity contribution in [1.82, 2.24) is 19.7 Å². The quantitative estimate of drug-likeness (QED) is 0.385. The van der Waals surface area contributed by atoms with Gasteiger partial charge in [0.2, 0.25) is 5.82 Å². The van der Waals surface area contributed by atoms with Gasteiger partial charge in [-0.15, -0.1) is 0 Å². The highest BCUT2D eigenvalue weighted by molar-refractivity contribution is 5.59. The second-order valence-corrected chi connectivity index (χ2v) is 8.59. The van der Waals surface area contributed by atoms with Crippen molar-refractivity contribution in [2.75, 3.05) is 11.9 Å². The number of pyridine rings is 2. The Labute approximate surface area is 199 Å². The Morgan fingerprint density at radius 3 is 2.34 bits per heavy atom. The number of aromatic nitrogens is 4. The molecule has 0 spiro atoms. The van der Waals surface area contributed by atoms with E-state index in [0.29, 0.717) is 17.7 Å². The number of rotatable bonds is 7. The molecule has 0 atom stereocenters. The van der Waals surface area contributed by atoms with Crippen LogP contribution in [-0.4, -0.2) is 32.4 Å². The SMILES string of the molecule is CCNc1ccc(Cn2cc(-c3nc(-c4ccc(C(C)(C)C(F)(F)F)cc4)no3)ccc2=O)cn1. The zero-order chi connectivity index (χ0) is 25.2. The summed E-state index contributed by atoms with van der Waals surface area (Å²) in [6, 6.07) is 12.6. The lowest BCUT2D eigenvalue weighted by Crippen LogP contribution is -2.36. The molecule has 0 bridgehead atoms. The van der Waals surface area contributed by atoms with Crippen LogP contribution < -0.4 is 10.9 Å². The van der Waals surface area contributed by atoms with E-state index in [2.05, 4.69) is 20.4 Å². The van der Waals surface area contributed by atoms with E-state index in [1.807, 2.05) is 19.1 Å². The molecule has 10 heteroatoms. The molecule has 3 heterocycles. The summed E-state index contributed by atoms with van der Waals surface area (Å²) >= 11 is 0. The average Bonchev–Trinajstić information content (AvgIpc) is 3.32. The van der Waals surface area contributed by atoms with Crippen molar-refractivity contribution in [2.45, 2.75) is 38.9 Å². The third kappa shape index (κ3) is 5.11. The molecular weight excluding hydrogens is 459 g/mol. The smallest absolute Gasteiger partial charge is 0.370 e. The van der Waals surface area contributed by atoms with E-state index in [9.17, 15) is 18.0 Å². The Hall–Kier alpha value is -3.95. The Morgan fingerprint density at radius 2 is 1.71 bits per heavy atom. The van der Waals surface area contributed by atoms with Gasteiger partial charge in [0.05, 0.1) is 17.5 Å². The minimum Gasteiger partial charge on any atom is -0.370 e. The van der Waals surface area contributed by atoms with Crippen molar-refractivity contribution in [3.8, 4) is 22.8 Å². The maximum atomic E-state index is 13.3. The average molecular weight is 483 g/mol. The van der Waals surface area contributed by atoms with Gasteiger partial charge in [-0.3, -0.25) is 4.79 Å². The lowest BCUT2D eigenvalue weighted by Gasteiger charge is -2.28. The van der Waals surface area contributed by atoms with E-state index in [1.54, 1.807) is 18.5 Å². The van der Waals surface area contributed by atoms with Gasteiger partial charge in [-0.1, -0.05) is 35.5 Å². The Morgan fingerprint density at radius 1 is 1.00 bits per heavy atom. The number of nitrogens with zero attached hydrogens (tertiary/aromatic N) is 4. The van der Waals surface area contributed by atoms with Crippen LogP contribution in [0.25, 0.3) is 22.8 Å². The number of hydrogen-bond donors (Lipinski definition) is 1. The number of benzene rings is 1. The number of anilines is 1. The highest BCUT2D eigenvalue weighted by atomic mass is 19.4. The first-order chi connectivity index (χ1) is 16.6. The molecule has 0 aliphatic rings. The molecule has 0 unspecified atom stereocenters. The van der Waals surface area contributed by atoms with Gasteiger partial charge in [-0.2, -0.15) is 18.2 Å². The third-order valence-electron chi connectivity index (χ3n) is 5.77. The maximum absolute atomic E-state index is 13.3. The molecule has 0 radical (unpaired) electrons. The summed E-state index contributed by atoms with van der Waals surface area (Å²) in [6.07, 6.45) is -1.06. The molecule has 0 saturated carbocycles. The number of nitrogens with one attached hydrogen (secondary N) is 1. The van der Waals surface area contributed by atoms with E-state index in [4.69, 9.17) is 4.52 Å². The minimum atomic E-state index is -4.37. The summed E-state index contributed by atoms with van der Waals surface area (Å²) in [5.41, 5.74) is -0.148. The van der Waals surface area contributed by atoms with Crippen LogP contribution in [0, 0.1) is 0 Å². The summed E-state index contributed by atoms with van der Waals surface area (Å²) < 4.78 is 46.8. The van der Waals surface area contributed by atoms with Gasteiger partial charge in [0, 0.05) is 30.6 Å². The van der Waals surface area contributed by atoms with Gasteiger partial charge in [0.25, 0.3) is 11.4 Å². The maximum Gasteiger partial charge on any atom is 0.397 e. The Kier molecular flexibility index (Phi) is 6.47. The summed E-state index contributed by atoms with van der Waals surface area (Å²) in [5, 5.41) is 7.07. The summed E-state index contributed by atoms with van der Waals surface area (Å²) in [5.74, 6) is 1.18. The molecule has 0 saturated heterocycles. The number of hydrogen-bond acceptors (Lipinski definition) is 6. The fraction of sp³-hybridized carbons (Fsp3) is 0.280. The third-order valence-corrected chi connectivity index (χ3v) is 5.77. The molecule has 0 amide bonds. The van der Waals surface area contributed by atoms with E-state index in [0.717, 1.165) is 31.8 Å². The van der Waals surface area contributed by atoms with Crippen molar-refractivity contribution in [1.29, 1.82) is 0 Å². The molecule has 1 N–H and O–H groups in total. The number of halogens is 3. The standard InChI is InChI=1S/C25H24F3N5O2/c1-4-29-20-11-5-16(13-30-20)14-33-15-18(8-12-21(33)34)23-31-22(32-35-23)17-6-9-19(10-7-17)24(2,3)25(26,27)28/h5-13,15H,4,14H2,1-3H3,(H,29,30). The molecule has 7 nitrogen and oxygen atoms in total. The fourth-order valence-corrected chi connectivity index (χ4v) is 3.44. The first kappa shape index (κ1) is 24.2. The number of alkyl halides is 3. The minimum absolute atomic E-state index is 0.137. The van der Waals surface area contributed by atoms with Gasteiger partial charge >= 0.3 is 6.18 Å². The summed E-state index contributed by atoms with van der Waals surface area (Å²) in [6.45, 7) is 5.32. The molecule has 35 heavy (non-hydrogen) atoms. The molecule has 0 aliphatic heterocycles. The van der Waals surface area contributed by atoms with E-state index in [1.165, 1.54) is 34.9 Å². The molecule has 1 aromatic carbocycles. The highest BCUT2D eigenvalue weighted by Gasteiger charge is 2.48. The molecule has 4 aromatic rings. The lowest BCUT2D eigenvalue weighted by atomic mass is 9.83. The van der Waals surface area contributed by atoms with Crippen molar-refractivity contribution in [3.63, 3.8) is 0 Å². The Bertz CT molecular complexity index is 1360. The van der Waals surface area contributed by atoms with Crippen LogP contribution in [0.15, 0.2) is 70.2 Å². The molecule has 0 fully saturated rings. The molecule has 4 rings (SSSR count). The van der Waals surface area contributed by atoms with Crippen molar-refractivity contribution < 1.29 is 17.7 Å². The molecule has 0 aliphatic carbocycles. The van der Waals surface area contributed by atoms with E-state index >= 15 is 0 Å². The van der Waals surface area contributed by atoms with E-state index in [-0.39, 0.29) is 22.8 Å². The molecular formula is C25H24F3N5O2. The zero-order valence-corrected chi connectivity index (χ0v) is 19.4. The Balaban J connectivity index is 1.55. The second-order valence-electron chi connectivity index (χ2n) is 8.59. The van der Waals surface area contributed by atoms with Crippen molar-refractivity contribution >= 4 is 5.82 Å². The van der Waals surface area contributed by atoms with Crippen LogP contribution in [0.2, 0.25) is 0 Å². The topological polar surface area (TPSA) is 85.8 Å². The van der Waals surface area contributed by atoms with E-state index < -0.39 is 11.6 Å². The van der Waals surface area contributed by atoms with Crippen LogP contribution in [0.3, 0.4) is 0 Å². The van der Waals surface area contributed by atoms with Gasteiger partial charge < -0.3 is 14.4 Å². The van der Waals surface area contributed by atoms with Crippen molar-refractivity contribution in [3.05, 3.63) is 82.4 Å². The predicted octanol–water partition coefficient (Wildman–Crippen LogP) is 5.28. The van der Waals surface area contributed by atoms with Gasteiger partial charge in [0.15, 0.2) is 0 Å². The molecule has 3 aromatic heterocycles. The molecule has 182 valence electrons. The predicted molar refractivity (Wildman–Crippen MR) is 126 cm³/mol. The van der Waals surface area contributed by atoms with Gasteiger partial charge in [-0.05, 0) is 44.0 Å². The van der Waals surface area contributed by atoms with Gasteiger partial charge in [-0.25, -0.2) is 4.98 Å². The van der Waals surface area contributed by atoms with Gasteiger partial charge in [0.1, 0.15) is 5.82 Å². The first-order valence-electron chi connectivity index (χ1n) is 11.0. The largest absolute Gasteiger partial charge is 0.397 e.